The number of nitrogens with two attached hydrogens (primary N) is 4. The second-order valence-corrected chi connectivity index (χ2v) is 26.0. The average Bonchev–Trinajstić information content (AvgIpc) is 1.57. The van der Waals surface area contributed by atoms with Crippen LogP contribution < -0.4 is 38.3 Å². The van der Waals surface area contributed by atoms with Gasteiger partial charge in [0, 0.05) is 87.3 Å². The predicted molar refractivity (Wildman–Crippen MR) is 353 cm³/mol. The molecule has 5 bridgehead atoms. The van der Waals surface area contributed by atoms with Gasteiger partial charge in [0.05, 0.1) is 71.7 Å². The Hall–Kier alpha value is -7.43. The maximum absolute atomic E-state index is 14.4. The Kier molecular flexibility index (Phi) is 25.9. The number of aromatic hydroxyl groups is 3. The van der Waals surface area contributed by atoms with Crippen LogP contribution in [0.5, 0.6) is 23.0 Å². The first kappa shape index (κ1) is 78.9. The summed E-state index contributed by atoms with van der Waals surface area (Å²) in [5.74, 6) is -9.38. The van der Waals surface area contributed by atoms with Crippen molar-refractivity contribution in [2.75, 3.05) is 59.3 Å². The summed E-state index contributed by atoms with van der Waals surface area (Å²) in [5, 5.41) is 143. The second kappa shape index (κ2) is 32.5. The number of fused-ring (bicyclic) bond motifs is 14. The van der Waals surface area contributed by atoms with Crippen LogP contribution in [-0.4, -0.2) is 289 Å². The van der Waals surface area contributed by atoms with E-state index in [1.165, 1.54) is 73.4 Å². The first-order chi connectivity index (χ1) is 46.4. The predicted octanol–water partition coefficient (Wildman–Crippen LogP) is -3.83. The lowest BCUT2D eigenvalue weighted by Crippen LogP contribution is -2.66. The van der Waals surface area contributed by atoms with Gasteiger partial charge in [-0.3, -0.25) is 24.2 Å². The van der Waals surface area contributed by atoms with Crippen molar-refractivity contribution >= 4 is 58.5 Å². The quantitative estimate of drug-likeness (QED) is 0.0228. The summed E-state index contributed by atoms with van der Waals surface area (Å²) >= 11 is 0. The van der Waals surface area contributed by atoms with Crippen molar-refractivity contribution in [2.24, 2.45) is 61.7 Å². The molecule has 22 N–H and O–H groups in total. The van der Waals surface area contributed by atoms with Gasteiger partial charge in [-0.05, 0) is 40.9 Å². The number of methoxy groups -OCH3 is 1. The minimum atomic E-state index is -2.38. The number of hydrazone groups is 1. The molecule has 1 aliphatic carbocycles. The Morgan fingerprint density at radius 2 is 1.42 bits per heavy atom. The number of esters is 1. The van der Waals surface area contributed by atoms with E-state index < -0.39 is 199 Å². The number of piperazine rings is 1. The lowest BCUT2D eigenvalue weighted by Gasteiger charge is -2.45. The molecule has 35 nitrogen and oxygen atoms in total. The molecule has 9 rings (SSSR count). The molecular formula is C64H97N11O24. The summed E-state index contributed by atoms with van der Waals surface area (Å²) in [6, 6.07) is -4.08. The number of carbonyl (C=O) groups is 4. The second-order valence-electron chi connectivity index (χ2n) is 26.0. The van der Waals surface area contributed by atoms with Gasteiger partial charge < -0.3 is 138 Å². The van der Waals surface area contributed by atoms with Gasteiger partial charge in [-0.1, -0.05) is 45.9 Å². The monoisotopic (exact) mass is 1400 g/mol. The Morgan fingerprint density at radius 1 is 0.788 bits per heavy atom. The smallest absolute Gasteiger partial charge is 0.312 e. The normalized spacial score (nSPS) is 38.3. The number of phenols is 3. The van der Waals surface area contributed by atoms with E-state index in [4.69, 9.17) is 60.8 Å². The van der Waals surface area contributed by atoms with Gasteiger partial charge in [0.15, 0.2) is 42.1 Å². The van der Waals surface area contributed by atoms with Crippen LogP contribution in [0.15, 0.2) is 51.2 Å². The molecule has 0 spiro atoms. The largest absolute Gasteiger partial charge is 0.507 e. The molecule has 2 aromatic carbocycles. The number of Topliss-reactive ketones (excluding diaryl/α,β-unsaturated/α-hetero) is 1. The van der Waals surface area contributed by atoms with Crippen molar-refractivity contribution in [1.82, 2.24) is 15.2 Å². The summed E-state index contributed by atoms with van der Waals surface area (Å²) in [6.45, 7) is 15.7. The third-order valence-electron chi connectivity index (χ3n) is 19.2. The Bertz CT molecular complexity index is 3420. The Balaban J connectivity index is 0.000000300. The fraction of sp³-hybridized carbons (Fsp3) is 0.641. The average molecular weight is 1400 g/mol. The van der Waals surface area contributed by atoms with E-state index in [0.717, 1.165) is 13.1 Å². The molecule has 6 aliphatic heterocycles. The van der Waals surface area contributed by atoms with Crippen molar-refractivity contribution in [2.45, 2.75) is 184 Å². The number of hydrogen-bond acceptors (Lipinski definition) is 30. The fourth-order valence-corrected chi connectivity index (χ4v) is 13.0. The minimum absolute atomic E-state index is 0.0559. The topological polar surface area (TPSA) is 557 Å². The number of aliphatic hydroxyl groups is 9. The molecule has 552 valence electrons. The number of rotatable bonds is 13. The zero-order valence-electron chi connectivity index (χ0n) is 57.1. The summed E-state index contributed by atoms with van der Waals surface area (Å²) in [5.41, 5.74) is 19.0. The number of likely N-dealkylation sites (N-methyl/N-ethyl adjacent to an activating group) is 2. The van der Waals surface area contributed by atoms with Crippen molar-refractivity contribution in [3.63, 3.8) is 0 Å². The van der Waals surface area contributed by atoms with E-state index >= 15 is 0 Å². The highest BCUT2D eigenvalue weighted by atomic mass is 16.8. The van der Waals surface area contributed by atoms with Crippen LogP contribution in [-0.2, 0) is 47.5 Å². The summed E-state index contributed by atoms with van der Waals surface area (Å²) < 4.78 is 46.5. The summed E-state index contributed by atoms with van der Waals surface area (Å²) in [7, 11) is 4.84. The number of carbonyl (C=O) groups excluding carboxylic acids is 4. The van der Waals surface area contributed by atoms with E-state index in [2.05, 4.69) is 30.6 Å². The molecule has 0 radical (unpaired) electrons. The summed E-state index contributed by atoms with van der Waals surface area (Å²) in [6.07, 6.45) is -12.5. The van der Waals surface area contributed by atoms with E-state index in [1.807, 2.05) is 7.05 Å². The molecule has 7 aliphatic rings. The molecule has 35 heteroatoms. The van der Waals surface area contributed by atoms with Crippen LogP contribution in [0, 0.1) is 30.6 Å². The number of hydrogen-bond donors (Lipinski definition) is 18. The summed E-state index contributed by atoms with van der Waals surface area (Å²) in [4.78, 5) is 62.3. The number of guanidine groups is 2. The van der Waals surface area contributed by atoms with Gasteiger partial charge in [0.1, 0.15) is 84.3 Å². The van der Waals surface area contributed by atoms with E-state index in [0.29, 0.717) is 13.1 Å². The van der Waals surface area contributed by atoms with Gasteiger partial charge in [-0.15, -0.1) is 0 Å². The molecule has 99 heavy (non-hydrogen) atoms. The molecule has 24 atom stereocenters. The minimum Gasteiger partial charge on any atom is -0.507 e. The number of benzene rings is 2. The Labute approximate surface area is 570 Å². The molecule has 3 saturated heterocycles. The number of nitrogens with zero attached hydrogens (tertiary/aromatic N) is 5. The number of amides is 1. The molecule has 1 saturated carbocycles. The van der Waals surface area contributed by atoms with Crippen LogP contribution in [0.3, 0.4) is 0 Å². The number of ketones is 1. The zero-order chi connectivity index (χ0) is 73.8. The van der Waals surface area contributed by atoms with Crippen LogP contribution in [0.2, 0.25) is 0 Å². The fourth-order valence-electron chi connectivity index (χ4n) is 13.0. The number of aliphatic hydroxyl groups excluding tert-OH is 8. The number of nitrogens with one attached hydrogen (secondary N) is 2. The molecule has 0 unspecified atom stereocenters. The maximum Gasteiger partial charge on any atom is 0.312 e. The molecule has 2 aromatic rings. The number of aliphatic imine (C=N–C) groups is 2. The lowest BCUT2D eigenvalue weighted by atomic mass is 9.78. The van der Waals surface area contributed by atoms with Crippen molar-refractivity contribution in [1.29, 1.82) is 0 Å². The molecule has 1 amide bonds. The molecule has 6 heterocycles. The van der Waals surface area contributed by atoms with E-state index in [1.54, 1.807) is 44.9 Å². The van der Waals surface area contributed by atoms with Crippen molar-refractivity contribution < 1.29 is 118 Å². The van der Waals surface area contributed by atoms with Crippen LogP contribution >= 0.6 is 0 Å². The standard InChI is InChI=1S/C43H58N4O12.C21H39N7O12/c1-21-12-11-13-22(2)42(55)45-33-28(20-44-47-17-15-46(9)16-18-47)37(52)30-31(38(33)53)36(51)26(6)40-32(30)41(54)43(8,59-40)57-19-14-29(56-10)23(3)39(58-27(7)48)25(5)35(50)24(4)34(21)49;1-5-21(36,4-30)16(40-17-9(26-2)13(34)10(31)6(3-29)38-17)18(37-5)39-15-8(28-20(24)25)11(32)7(27-19(22)23)12(33)14(15)35/h11-14,19-21,23-25,29,34-35,39,49-53H,15-18H2,1-10H3,(H,45,55);4-18,26,29,31-36H,3H2,1-2H3,(H4,22,23,27)(H4,24,25,28)/b12-11+,19-14+,22-13-,44-20-;/t21-,23-,24-,25-,29+,34+,35+,39-,43+;5-,6-,7+,8-,9-,10-,11+,12-,13-,14+,15+,16-,17-,18-,21+/m10/s1. The number of anilines is 1. The SMILES string of the molecule is CN[C@@H]1[C@H](O[C@H]2[C@H](O[C@H]3[C@H](O)[C@@H](O)[C@H](N=C(N)N)[C@@H](O)[C@@H]3N=C(N)N)O[C@@H](C)[C@]2(O)C=O)O[C@@H](CO)[C@H](O)[C@H]1O.CO[C@H]1/C=C/O[C@@]2(C)Oc3c(C)c(O)c4c(O)c(c(/C=N\N5CCN(C)CC5)c(O)c4c3C2=O)NC(=O)/C(C)=C\C=C\[C@@H](C)[C@H](O)[C@@H](C)[C@H](O)[C@@H](C)[C@H](OC(C)=O)[C@@H]1C. The highest BCUT2D eigenvalue weighted by Crippen LogP contribution is 2.55. The van der Waals surface area contributed by atoms with Gasteiger partial charge >= 0.3 is 11.8 Å². The van der Waals surface area contributed by atoms with Gasteiger partial charge in [0.25, 0.3) is 11.7 Å². The number of allylic oxidation sites excluding steroid dienone is 2. The van der Waals surface area contributed by atoms with Gasteiger partial charge in [0.2, 0.25) is 0 Å². The first-order valence-corrected chi connectivity index (χ1v) is 32.2. The number of aldehydes is 1. The van der Waals surface area contributed by atoms with Crippen molar-refractivity contribution in [3.05, 3.63) is 52.8 Å². The lowest BCUT2D eigenvalue weighted by molar-refractivity contribution is -0.314. The maximum atomic E-state index is 14.4. The zero-order valence-corrected chi connectivity index (χ0v) is 57.1. The Morgan fingerprint density at radius 3 is 2.01 bits per heavy atom. The van der Waals surface area contributed by atoms with E-state index in [9.17, 15) is 80.5 Å². The number of ether oxygens (including phenoxy) is 8. The van der Waals surface area contributed by atoms with Crippen LogP contribution in [0.4, 0.5) is 5.69 Å². The number of phenolic OH excluding ortho intramolecular Hbond substituents is 3. The molecule has 4 fully saturated rings. The van der Waals surface area contributed by atoms with Crippen LogP contribution in [0.25, 0.3) is 10.8 Å². The molecular weight excluding hydrogens is 1310 g/mol. The van der Waals surface area contributed by atoms with E-state index in [-0.39, 0.29) is 50.8 Å². The molecule has 0 aromatic heterocycles. The third kappa shape index (κ3) is 16.3. The van der Waals surface area contributed by atoms with Gasteiger partial charge in [-0.25, -0.2) is 9.98 Å². The van der Waals surface area contributed by atoms with Crippen LogP contribution in [0.1, 0.15) is 76.9 Å². The first-order valence-electron chi connectivity index (χ1n) is 32.2. The van der Waals surface area contributed by atoms with Crippen molar-refractivity contribution in [3.8, 4) is 23.0 Å². The highest BCUT2D eigenvalue weighted by Gasteiger charge is 2.61. The van der Waals surface area contributed by atoms with Gasteiger partial charge in [-0.2, -0.15) is 5.10 Å². The third-order valence-corrected chi connectivity index (χ3v) is 19.2. The highest BCUT2D eigenvalue weighted by molar-refractivity contribution is 6.24.